The smallest absolute Gasteiger partial charge is 0.343 e. The minimum absolute atomic E-state index is 0.136. The van der Waals surface area contributed by atoms with Crippen molar-refractivity contribution in [2.75, 3.05) is 33.5 Å². The lowest BCUT2D eigenvalue weighted by molar-refractivity contribution is -0.143. The van der Waals surface area contributed by atoms with Gasteiger partial charge in [-0.05, 0) is 75.2 Å². The number of allylic oxidation sites excluding steroid dienone is 1. The lowest BCUT2D eigenvalue weighted by atomic mass is 9.95. The summed E-state index contributed by atoms with van der Waals surface area (Å²) in [5, 5.41) is 0.606. The lowest BCUT2D eigenvalue weighted by Crippen LogP contribution is -2.40. The number of rotatable bonds is 14. The number of carbonyl (C=O) groups excluding carboxylic acids is 2. The molecular weight excluding hydrogens is 684 g/mol. The maximum atomic E-state index is 14.2. The summed E-state index contributed by atoms with van der Waals surface area (Å²) in [7, 11) is 1.27. The molecule has 50 heavy (non-hydrogen) atoms. The Bertz CT molecular complexity index is 2100. The van der Waals surface area contributed by atoms with Crippen molar-refractivity contribution in [2.45, 2.75) is 40.3 Å². The number of hydrogen-bond acceptors (Lipinski definition) is 11. The van der Waals surface area contributed by atoms with E-state index in [0.717, 1.165) is 5.56 Å². The van der Waals surface area contributed by atoms with Crippen LogP contribution in [0.5, 0.6) is 23.0 Å². The van der Waals surface area contributed by atoms with Crippen molar-refractivity contribution < 1.29 is 38.0 Å². The summed E-state index contributed by atoms with van der Waals surface area (Å²) < 4.78 is 35.4. The van der Waals surface area contributed by atoms with Crippen molar-refractivity contribution in [3.8, 4) is 23.0 Å². The number of benzene rings is 3. The van der Waals surface area contributed by atoms with Crippen molar-refractivity contribution in [2.24, 2.45) is 4.99 Å². The molecule has 1 aliphatic heterocycles. The van der Waals surface area contributed by atoms with E-state index in [2.05, 4.69) is 9.73 Å². The molecule has 0 unspecified atom stereocenters. The second-order valence-corrected chi connectivity index (χ2v) is 12.2. The van der Waals surface area contributed by atoms with Gasteiger partial charge in [0, 0.05) is 10.6 Å². The predicted octanol–water partition coefficient (Wildman–Crippen LogP) is 5.38. The first-order chi connectivity index (χ1) is 24.2. The first-order valence-electron chi connectivity index (χ1n) is 16.0. The fourth-order valence-electron chi connectivity index (χ4n) is 5.31. The van der Waals surface area contributed by atoms with Gasteiger partial charge < -0.3 is 28.4 Å². The Hall–Kier alpha value is -5.07. The zero-order chi connectivity index (χ0) is 35.8. The third kappa shape index (κ3) is 8.03. The number of ether oxygens (including phenoxy) is 6. The minimum atomic E-state index is -0.888. The third-order valence-electron chi connectivity index (χ3n) is 7.58. The average Bonchev–Trinajstić information content (AvgIpc) is 3.40. The van der Waals surface area contributed by atoms with E-state index in [9.17, 15) is 14.4 Å². The van der Waals surface area contributed by atoms with E-state index in [1.165, 1.54) is 23.0 Å². The van der Waals surface area contributed by atoms with E-state index in [1.807, 2.05) is 38.1 Å². The van der Waals surface area contributed by atoms with Crippen LogP contribution in [0.15, 0.2) is 81.7 Å². The highest BCUT2D eigenvalue weighted by molar-refractivity contribution is 7.07. The van der Waals surface area contributed by atoms with Gasteiger partial charge in [0.15, 0.2) is 34.4 Å². The van der Waals surface area contributed by atoms with Gasteiger partial charge in [-0.25, -0.2) is 14.6 Å². The van der Waals surface area contributed by atoms with Gasteiger partial charge in [-0.3, -0.25) is 9.36 Å². The van der Waals surface area contributed by atoms with E-state index in [0.29, 0.717) is 67.4 Å². The first-order valence-corrected chi connectivity index (χ1v) is 17.2. The van der Waals surface area contributed by atoms with Gasteiger partial charge >= 0.3 is 11.9 Å². The molecule has 0 aliphatic carbocycles. The molecule has 0 amide bonds. The van der Waals surface area contributed by atoms with Crippen LogP contribution in [-0.2, 0) is 25.7 Å². The van der Waals surface area contributed by atoms with E-state index < -0.39 is 18.0 Å². The fraction of sp³-hybridized carbons (Fsp3) is 0.297. The maximum absolute atomic E-state index is 14.2. The van der Waals surface area contributed by atoms with Crippen molar-refractivity contribution in [3.05, 3.63) is 113 Å². The van der Waals surface area contributed by atoms with E-state index >= 15 is 0 Å². The highest BCUT2D eigenvalue weighted by Crippen LogP contribution is 2.37. The van der Waals surface area contributed by atoms with Gasteiger partial charge in [0.2, 0.25) is 0 Å². The number of methoxy groups -OCH3 is 1. The Morgan fingerprint density at radius 2 is 1.60 bits per heavy atom. The number of fused-ring (bicyclic) bond motifs is 1. The molecule has 11 nitrogen and oxygen atoms in total. The zero-order valence-electron chi connectivity index (χ0n) is 28.3. The number of carbonyl (C=O) groups is 2. The topological polar surface area (TPSA) is 124 Å². The van der Waals surface area contributed by atoms with Crippen LogP contribution < -0.4 is 33.8 Å². The quantitative estimate of drug-likeness (QED) is 0.158. The van der Waals surface area contributed by atoms with E-state index in [-0.39, 0.29) is 31.0 Å². The summed E-state index contributed by atoms with van der Waals surface area (Å²) in [5.74, 6) is 0.525. The standard InChI is InChI=1S/C37H37ClN2O9S/c1-6-45-29-17-23(13-15-27(29)48-20-25-11-9-10-12-26(25)38)18-31-35(42)40-34(33(36(43)47-8-3)22(4)39-37(40)50-31)24-14-16-28(30(19-24)46-7-2)49-21-32(41)44-5/h9-19,34H,6-8,20-21H2,1-5H3/b31-18-/t34-/m0/s1. The van der Waals surface area contributed by atoms with Crippen LogP contribution >= 0.6 is 22.9 Å². The molecule has 0 bridgehead atoms. The van der Waals surface area contributed by atoms with Gasteiger partial charge in [-0.2, -0.15) is 0 Å². The summed E-state index contributed by atoms with van der Waals surface area (Å²) in [6.45, 7) is 7.88. The van der Waals surface area contributed by atoms with Crippen LogP contribution in [0.1, 0.15) is 50.4 Å². The molecule has 1 aromatic heterocycles. The number of thiazole rings is 1. The van der Waals surface area contributed by atoms with Crippen LogP contribution in [-0.4, -0.2) is 50.0 Å². The molecule has 0 spiro atoms. The number of halogens is 1. The number of esters is 2. The highest BCUT2D eigenvalue weighted by Gasteiger charge is 2.34. The highest BCUT2D eigenvalue weighted by atomic mass is 35.5. The predicted molar refractivity (Wildman–Crippen MR) is 189 cm³/mol. The van der Waals surface area contributed by atoms with Gasteiger partial charge in [-0.1, -0.05) is 53.3 Å². The van der Waals surface area contributed by atoms with Crippen molar-refractivity contribution in [1.29, 1.82) is 0 Å². The third-order valence-corrected chi connectivity index (χ3v) is 8.93. The van der Waals surface area contributed by atoms with Crippen LogP contribution in [0.25, 0.3) is 6.08 Å². The molecule has 13 heteroatoms. The molecule has 262 valence electrons. The zero-order valence-corrected chi connectivity index (χ0v) is 29.9. The molecule has 0 N–H and O–H groups in total. The summed E-state index contributed by atoms with van der Waals surface area (Å²) in [6.07, 6.45) is 1.75. The number of hydrogen-bond donors (Lipinski definition) is 0. The molecule has 0 saturated heterocycles. The van der Waals surface area contributed by atoms with Crippen molar-refractivity contribution in [3.63, 3.8) is 0 Å². The van der Waals surface area contributed by atoms with Crippen LogP contribution in [0, 0.1) is 0 Å². The number of aromatic nitrogens is 1. The summed E-state index contributed by atoms with van der Waals surface area (Å²) in [6, 6.07) is 17.0. The van der Waals surface area contributed by atoms with Gasteiger partial charge in [0.1, 0.15) is 6.61 Å². The second-order valence-electron chi connectivity index (χ2n) is 10.8. The molecule has 0 fully saturated rings. The molecule has 1 atom stereocenters. The Labute approximate surface area is 297 Å². The van der Waals surface area contributed by atoms with Crippen LogP contribution in [0.3, 0.4) is 0 Å². The molecule has 5 rings (SSSR count). The first kappa shape index (κ1) is 36.2. The fourth-order valence-corrected chi connectivity index (χ4v) is 6.55. The summed E-state index contributed by atoms with van der Waals surface area (Å²) >= 11 is 7.51. The molecule has 3 aromatic carbocycles. The monoisotopic (exact) mass is 720 g/mol. The molecule has 2 heterocycles. The molecule has 0 radical (unpaired) electrons. The second kappa shape index (κ2) is 16.6. The Balaban J connectivity index is 1.57. The van der Waals surface area contributed by atoms with E-state index in [4.69, 9.17) is 35.3 Å². The SMILES string of the molecule is CCOC(=O)C1=C(C)N=c2s/c(=C\c3ccc(OCc4ccccc4Cl)c(OCC)c3)c(=O)n2[C@H]1c1ccc(OCC(=O)OC)c(OCC)c1. The Morgan fingerprint density at radius 3 is 2.30 bits per heavy atom. The molecular formula is C37H37ClN2O9S. The van der Waals surface area contributed by atoms with Crippen molar-refractivity contribution in [1.82, 2.24) is 4.57 Å². The van der Waals surface area contributed by atoms with Gasteiger partial charge in [-0.15, -0.1) is 0 Å². The Morgan fingerprint density at radius 1 is 0.900 bits per heavy atom. The molecule has 0 saturated carbocycles. The Kier molecular flexibility index (Phi) is 12.0. The lowest BCUT2D eigenvalue weighted by Gasteiger charge is -2.25. The van der Waals surface area contributed by atoms with E-state index in [1.54, 1.807) is 56.3 Å². The van der Waals surface area contributed by atoms with Crippen LogP contribution in [0.2, 0.25) is 5.02 Å². The summed E-state index contributed by atoms with van der Waals surface area (Å²) in [4.78, 5) is 44.4. The average molecular weight is 721 g/mol. The van der Waals surface area contributed by atoms with Gasteiger partial charge in [0.25, 0.3) is 5.56 Å². The normalized spacial score (nSPS) is 14.0. The van der Waals surface area contributed by atoms with Gasteiger partial charge in [0.05, 0.1) is 48.8 Å². The van der Waals surface area contributed by atoms with Crippen LogP contribution in [0.4, 0.5) is 0 Å². The maximum Gasteiger partial charge on any atom is 0.343 e. The largest absolute Gasteiger partial charge is 0.490 e. The molecule has 1 aliphatic rings. The number of nitrogens with zero attached hydrogens (tertiary/aromatic N) is 2. The molecule has 4 aromatic rings. The van der Waals surface area contributed by atoms with Crippen molar-refractivity contribution >= 4 is 41.0 Å². The minimum Gasteiger partial charge on any atom is -0.490 e. The summed E-state index contributed by atoms with van der Waals surface area (Å²) in [5.41, 5.74) is 2.38.